The maximum Gasteiger partial charge on any atom is 0.164 e. The predicted molar refractivity (Wildman–Crippen MR) is 171 cm³/mol. The maximum atomic E-state index is 11.8. The summed E-state index contributed by atoms with van der Waals surface area (Å²) in [5.41, 5.74) is 5.20. The molecule has 0 saturated heterocycles. The summed E-state index contributed by atoms with van der Waals surface area (Å²) in [4.78, 5) is 16.6. The number of ketones is 1. The normalized spacial score (nSPS) is 12.2. The van der Waals surface area contributed by atoms with E-state index in [2.05, 4.69) is 82.3 Å². The van der Waals surface area contributed by atoms with Crippen molar-refractivity contribution in [3.8, 4) is 11.3 Å². The van der Waals surface area contributed by atoms with Gasteiger partial charge in [0, 0.05) is 43.2 Å². The second kappa shape index (κ2) is 13.9. The zero-order valence-corrected chi connectivity index (χ0v) is 28.8. The molecule has 0 saturated carbocycles. The number of carbonyl (C=O) groups is 1. The monoisotopic (exact) mass is 729 g/mol. The standard InChI is InChI=1S/C24H22N.C13H24O2.Ir/c1-15(2)22-14-18-9-10-25-24(19-12-16(3)11-17(4)13-19)23(18)21-8-6-5-7-20(21)22;1-7-12(3,4)10(14)9-11(15)13(5,6)8-2;/h5-12,14-15H,1-4H3;9,14H,7-8H2,1-6H3;/q-1;;/b;10-9-;. The minimum absolute atomic E-state index is 0. The zero-order chi connectivity index (χ0) is 29.8. The number of pyridine rings is 1. The third kappa shape index (κ3) is 7.93. The van der Waals surface area contributed by atoms with Crippen LogP contribution in [0.1, 0.15) is 90.8 Å². The molecule has 0 aliphatic heterocycles. The Labute approximate surface area is 260 Å². The van der Waals surface area contributed by atoms with E-state index in [0.717, 1.165) is 29.7 Å². The van der Waals surface area contributed by atoms with Crippen LogP contribution in [0.3, 0.4) is 0 Å². The van der Waals surface area contributed by atoms with E-state index in [1.807, 2.05) is 47.7 Å². The third-order valence-electron chi connectivity index (χ3n) is 8.22. The topological polar surface area (TPSA) is 50.2 Å². The number of aliphatic hydroxyl groups is 1. The Morgan fingerprint density at radius 2 is 1.56 bits per heavy atom. The average molecular weight is 729 g/mol. The van der Waals surface area contributed by atoms with Crippen molar-refractivity contribution in [2.75, 3.05) is 0 Å². The third-order valence-corrected chi connectivity index (χ3v) is 8.22. The minimum atomic E-state index is -0.377. The van der Waals surface area contributed by atoms with E-state index in [1.165, 1.54) is 38.7 Å². The number of allylic oxidation sites excluding steroid dienone is 2. The first kappa shape index (κ1) is 34.4. The second-order valence-corrected chi connectivity index (χ2v) is 12.5. The van der Waals surface area contributed by atoms with Gasteiger partial charge in [-0.3, -0.25) is 4.79 Å². The molecule has 4 aromatic rings. The van der Waals surface area contributed by atoms with Gasteiger partial charge in [0.15, 0.2) is 5.78 Å². The first-order valence-electron chi connectivity index (χ1n) is 14.5. The molecule has 0 aliphatic rings. The Bertz CT molecular complexity index is 1530. The van der Waals surface area contributed by atoms with E-state index >= 15 is 0 Å². The quantitative estimate of drug-likeness (QED) is 0.0892. The van der Waals surface area contributed by atoms with E-state index in [1.54, 1.807) is 0 Å². The molecule has 0 atom stereocenters. The summed E-state index contributed by atoms with van der Waals surface area (Å²) in [7, 11) is 0. The van der Waals surface area contributed by atoms with Gasteiger partial charge in [0.25, 0.3) is 0 Å². The molecule has 1 aromatic heterocycles. The van der Waals surface area contributed by atoms with Crippen LogP contribution in [0.2, 0.25) is 0 Å². The number of aliphatic hydroxyl groups excluding tert-OH is 1. The fraction of sp³-hybridized carbons (Fsp3) is 0.405. The largest absolute Gasteiger partial charge is 0.512 e. The Hall–Kier alpha value is -2.81. The number of nitrogens with zero attached hydrogens (tertiary/aromatic N) is 1. The number of hydrogen-bond acceptors (Lipinski definition) is 3. The van der Waals surface area contributed by atoms with Gasteiger partial charge in [-0.1, -0.05) is 99.6 Å². The van der Waals surface area contributed by atoms with Crippen molar-refractivity contribution in [3.05, 3.63) is 89.3 Å². The summed E-state index contributed by atoms with van der Waals surface area (Å²) in [5.74, 6) is 0.680. The van der Waals surface area contributed by atoms with Crippen molar-refractivity contribution in [1.82, 2.24) is 4.98 Å². The number of fused-ring (bicyclic) bond motifs is 3. The predicted octanol–water partition coefficient (Wildman–Crippen LogP) is 10.5. The molecule has 0 unspecified atom stereocenters. The van der Waals surface area contributed by atoms with E-state index in [0.29, 0.717) is 5.92 Å². The van der Waals surface area contributed by atoms with E-state index in [-0.39, 0.29) is 42.5 Å². The first-order chi connectivity index (χ1) is 18.7. The molecule has 4 heteroatoms. The van der Waals surface area contributed by atoms with Gasteiger partial charge in [0.1, 0.15) is 5.76 Å². The first-order valence-corrected chi connectivity index (χ1v) is 14.5. The summed E-state index contributed by atoms with van der Waals surface area (Å²) in [5, 5.41) is 14.9. The van der Waals surface area contributed by atoms with Crippen LogP contribution in [-0.4, -0.2) is 15.9 Å². The fourth-order valence-electron chi connectivity index (χ4n) is 4.65. The molecule has 0 amide bonds. The molecule has 0 fully saturated rings. The van der Waals surface area contributed by atoms with Gasteiger partial charge < -0.3 is 10.1 Å². The Morgan fingerprint density at radius 3 is 2.12 bits per heavy atom. The molecule has 41 heavy (non-hydrogen) atoms. The van der Waals surface area contributed by atoms with E-state index in [4.69, 9.17) is 4.98 Å². The van der Waals surface area contributed by atoms with Gasteiger partial charge in [0.2, 0.25) is 0 Å². The van der Waals surface area contributed by atoms with Crippen LogP contribution in [0.25, 0.3) is 32.8 Å². The second-order valence-electron chi connectivity index (χ2n) is 12.5. The number of rotatable bonds is 7. The van der Waals surface area contributed by atoms with Crippen LogP contribution in [0.5, 0.6) is 0 Å². The van der Waals surface area contributed by atoms with Gasteiger partial charge in [-0.25, -0.2) is 0 Å². The molecule has 1 N–H and O–H groups in total. The van der Waals surface area contributed by atoms with Gasteiger partial charge >= 0.3 is 0 Å². The molecule has 4 rings (SSSR count). The SMILES string of the molecule is CCC(C)(C)C(=O)/C=C(\O)C(C)(C)CC.Cc1[c-]c(-c2nccc3cc(C(C)C)c4ccccc4c23)cc(C)c1.[Ir]. The molecule has 3 aromatic carbocycles. The molecular weight excluding hydrogens is 683 g/mol. The van der Waals surface area contributed by atoms with Crippen LogP contribution in [0.4, 0.5) is 0 Å². The van der Waals surface area contributed by atoms with Crippen molar-refractivity contribution >= 4 is 27.3 Å². The molecule has 0 aliphatic carbocycles. The number of carbonyl (C=O) groups excluding carboxylic acids is 1. The van der Waals surface area contributed by atoms with Crippen LogP contribution in [0, 0.1) is 30.7 Å². The molecule has 221 valence electrons. The van der Waals surface area contributed by atoms with Crippen molar-refractivity contribution in [1.29, 1.82) is 0 Å². The summed E-state index contributed by atoms with van der Waals surface area (Å²) in [6.07, 6.45) is 4.91. The minimum Gasteiger partial charge on any atom is -0.512 e. The smallest absolute Gasteiger partial charge is 0.164 e. The summed E-state index contributed by atoms with van der Waals surface area (Å²) in [6.45, 7) is 20.4. The maximum absolute atomic E-state index is 11.8. The van der Waals surface area contributed by atoms with Crippen molar-refractivity contribution in [2.24, 2.45) is 10.8 Å². The van der Waals surface area contributed by atoms with Crippen molar-refractivity contribution < 1.29 is 30.0 Å². The number of benzene rings is 3. The van der Waals surface area contributed by atoms with Crippen LogP contribution in [-0.2, 0) is 24.9 Å². The number of aryl methyl sites for hydroxylation is 2. The molecule has 0 bridgehead atoms. The van der Waals surface area contributed by atoms with E-state index < -0.39 is 0 Å². The number of hydrogen-bond donors (Lipinski definition) is 1. The van der Waals surface area contributed by atoms with Gasteiger partial charge in [-0.05, 0) is 57.6 Å². The van der Waals surface area contributed by atoms with Gasteiger partial charge in [-0.2, -0.15) is 0 Å². The molecule has 1 heterocycles. The summed E-state index contributed by atoms with van der Waals surface area (Å²) >= 11 is 0. The Balaban J connectivity index is 0.000000320. The summed E-state index contributed by atoms with van der Waals surface area (Å²) < 4.78 is 0. The van der Waals surface area contributed by atoms with Crippen molar-refractivity contribution in [3.63, 3.8) is 0 Å². The van der Waals surface area contributed by atoms with Crippen LogP contribution < -0.4 is 0 Å². The molecule has 0 spiro atoms. The fourth-order valence-corrected chi connectivity index (χ4v) is 4.65. The molecule has 3 nitrogen and oxygen atoms in total. The van der Waals surface area contributed by atoms with Gasteiger partial charge in [-0.15, -0.1) is 34.9 Å². The Morgan fingerprint density at radius 1 is 0.951 bits per heavy atom. The summed E-state index contributed by atoms with van der Waals surface area (Å²) in [6, 6.07) is 21.0. The molecule has 1 radical (unpaired) electrons. The average Bonchev–Trinajstić information content (AvgIpc) is 2.91. The van der Waals surface area contributed by atoms with Gasteiger partial charge in [0.05, 0.1) is 0 Å². The Kier molecular flexibility index (Phi) is 11.7. The van der Waals surface area contributed by atoms with Crippen LogP contribution in [0.15, 0.2) is 66.6 Å². The van der Waals surface area contributed by atoms with E-state index in [9.17, 15) is 9.90 Å². The zero-order valence-electron chi connectivity index (χ0n) is 26.4. The van der Waals surface area contributed by atoms with Crippen LogP contribution >= 0.6 is 0 Å². The molecular formula is C37H46IrNO2-. The van der Waals surface area contributed by atoms with Crippen molar-refractivity contribution in [2.45, 2.75) is 88.0 Å². The number of aromatic nitrogens is 1.